The highest BCUT2D eigenvalue weighted by Crippen LogP contribution is 2.35. The molecule has 0 bridgehead atoms. The summed E-state index contributed by atoms with van der Waals surface area (Å²) in [5.41, 5.74) is 2.43. The van der Waals surface area contributed by atoms with Crippen LogP contribution in [0.3, 0.4) is 0 Å². The molecule has 1 aliphatic rings. The molecule has 1 aliphatic heterocycles. The van der Waals surface area contributed by atoms with E-state index >= 15 is 0 Å². The van der Waals surface area contributed by atoms with Gasteiger partial charge in [0, 0.05) is 48.5 Å². The number of carbonyl (C=O) groups is 1. The minimum atomic E-state index is 0.111. The predicted octanol–water partition coefficient (Wildman–Crippen LogP) is 6.02. The molecule has 0 fully saturated rings. The minimum Gasteiger partial charge on any atom is -0.497 e. The first-order chi connectivity index (χ1) is 17.5. The fraction of sp³-hybridized carbons (Fsp3) is 0.250. The Labute approximate surface area is 214 Å². The highest BCUT2D eigenvalue weighted by molar-refractivity contribution is 7.14. The van der Waals surface area contributed by atoms with E-state index in [4.69, 9.17) is 14.0 Å². The molecule has 7 nitrogen and oxygen atoms in total. The molecule has 4 aromatic rings. The highest BCUT2D eigenvalue weighted by Gasteiger charge is 2.20. The molecule has 2 aromatic heterocycles. The van der Waals surface area contributed by atoms with Crippen LogP contribution in [0.15, 0.2) is 70.2 Å². The van der Waals surface area contributed by atoms with Crippen LogP contribution >= 0.6 is 11.3 Å². The second-order valence-electron chi connectivity index (χ2n) is 8.63. The Morgan fingerprint density at radius 1 is 1.08 bits per heavy atom. The summed E-state index contributed by atoms with van der Waals surface area (Å²) in [7, 11) is 3.67. The van der Waals surface area contributed by atoms with Gasteiger partial charge in [0.25, 0.3) is 0 Å². The first-order valence-corrected chi connectivity index (χ1v) is 12.6. The quantitative estimate of drug-likeness (QED) is 0.261. The van der Waals surface area contributed by atoms with Gasteiger partial charge in [-0.3, -0.25) is 9.79 Å². The number of aliphatic imine (C=N–C) groups is 1. The van der Waals surface area contributed by atoms with Crippen LogP contribution in [0, 0.1) is 6.92 Å². The van der Waals surface area contributed by atoms with E-state index < -0.39 is 0 Å². The lowest BCUT2D eigenvalue weighted by Crippen LogP contribution is -2.23. The average molecular weight is 502 g/mol. The zero-order chi connectivity index (χ0) is 25.1. The van der Waals surface area contributed by atoms with Crippen LogP contribution in [-0.2, 0) is 6.42 Å². The maximum Gasteiger partial charge on any atom is 0.173 e. The maximum atomic E-state index is 12.5. The summed E-state index contributed by atoms with van der Waals surface area (Å²) in [6.45, 7) is 3.67. The fourth-order valence-corrected chi connectivity index (χ4v) is 4.91. The van der Waals surface area contributed by atoms with E-state index in [9.17, 15) is 4.79 Å². The van der Waals surface area contributed by atoms with Crippen molar-refractivity contribution in [2.75, 3.05) is 27.2 Å². The molecule has 0 atom stereocenters. The maximum absolute atomic E-state index is 12.5. The molecule has 3 heterocycles. The number of ketones is 1. The number of hydrogen-bond donors (Lipinski definition) is 0. The SMILES string of the molecule is COc1ccc(Oc2cc(C3=NCCN3C)ccc2-c2cc(CCC(=O)c3ccc(C)s3)on2)cc1. The fourth-order valence-electron chi connectivity index (χ4n) is 4.07. The van der Waals surface area contributed by atoms with Gasteiger partial charge in [-0.1, -0.05) is 11.2 Å². The molecular formula is C28H27N3O4S. The summed E-state index contributed by atoms with van der Waals surface area (Å²) >= 11 is 1.52. The summed E-state index contributed by atoms with van der Waals surface area (Å²) in [4.78, 5) is 21.2. The lowest BCUT2D eigenvalue weighted by atomic mass is 10.1. The smallest absolute Gasteiger partial charge is 0.173 e. The molecule has 0 spiro atoms. The topological polar surface area (TPSA) is 77.2 Å². The van der Waals surface area contributed by atoms with Crippen molar-refractivity contribution in [3.8, 4) is 28.5 Å². The standard InChI is InChI=1S/C28H27N3O4S/c1-18-4-13-27(36-18)25(32)12-10-22-17-24(30-35-22)23-11-5-19(28-29-14-15-31(28)2)16-26(23)34-21-8-6-20(33-3)7-9-21/h4-9,11,13,16-17H,10,12,14-15H2,1-3H3. The van der Waals surface area contributed by atoms with Crippen molar-refractivity contribution >= 4 is 23.0 Å². The molecule has 8 heteroatoms. The molecule has 0 unspecified atom stereocenters. The molecule has 0 saturated heterocycles. The van der Waals surface area contributed by atoms with Crippen LogP contribution in [-0.4, -0.2) is 48.9 Å². The zero-order valence-corrected chi connectivity index (χ0v) is 21.3. The Hall–Kier alpha value is -3.91. The number of hydrogen-bond acceptors (Lipinski definition) is 8. The second-order valence-corrected chi connectivity index (χ2v) is 9.92. The Kier molecular flexibility index (Phi) is 6.86. The first-order valence-electron chi connectivity index (χ1n) is 11.8. The van der Waals surface area contributed by atoms with Crippen LogP contribution < -0.4 is 9.47 Å². The second kappa shape index (κ2) is 10.4. The third-order valence-corrected chi connectivity index (χ3v) is 7.08. The molecule has 0 saturated carbocycles. The van der Waals surface area contributed by atoms with Gasteiger partial charge in [-0.15, -0.1) is 11.3 Å². The number of aromatic nitrogens is 1. The van der Waals surface area contributed by atoms with Crippen molar-refractivity contribution in [2.24, 2.45) is 4.99 Å². The molecule has 0 amide bonds. The van der Waals surface area contributed by atoms with Crippen LogP contribution in [0.2, 0.25) is 0 Å². The number of rotatable bonds is 9. The lowest BCUT2D eigenvalue weighted by Gasteiger charge is -2.16. The molecule has 0 radical (unpaired) electrons. The zero-order valence-electron chi connectivity index (χ0n) is 20.5. The predicted molar refractivity (Wildman–Crippen MR) is 141 cm³/mol. The van der Waals surface area contributed by atoms with Crippen LogP contribution in [0.4, 0.5) is 0 Å². The van der Waals surface area contributed by atoms with E-state index in [0.29, 0.717) is 35.8 Å². The number of carbonyl (C=O) groups excluding carboxylic acids is 1. The summed E-state index contributed by atoms with van der Waals surface area (Å²) in [5, 5.41) is 4.29. The number of ether oxygens (including phenoxy) is 2. The van der Waals surface area contributed by atoms with E-state index in [-0.39, 0.29) is 5.78 Å². The summed E-state index contributed by atoms with van der Waals surface area (Å²) < 4.78 is 17.2. The van der Waals surface area contributed by atoms with Gasteiger partial charge in [0.05, 0.1) is 18.5 Å². The number of nitrogens with zero attached hydrogens (tertiary/aromatic N) is 3. The summed E-state index contributed by atoms with van der Waals surface area (Å²) in [6, 6.07) is 19.1. The third kappa shape index (κ3) is 5.18. The summed E-state index contributed by atoms with van der Waals surface area (Å²) in [6.07, 6.45) is 0.853. The number of amidine groups is 1. The van der Waals surface area contributed by atoms with Gasteiger partial charge >= 0.3 is 0 Å². The van der Waals surface area contributed by atoms with Crippen molar-refractivity contribution in [2.45, 2.75) is 19.8 Å². The van der Waals surface area contributed by atoms with Gasteiger partial charge in [-0.05, 0) is 55.5 Å². The van der Waals surface area contributed by atoms with Crippen LogP contribution in [0.25, 0.3) is 11.3 Å². The van der Waals surface area contributed by atoms with E-state index in [1.165, 1.54) is 11.3 Å². The van der Waals surface area contributed by atoms with E-state index in [0.717, 1.165) is 45.6 Å². The molecule has 5 rings (SSSR count). The molecule has 0 N–H and O–H groups in total. The number of likely N-dealkylation sites (N-methyl/N-ethyl adjacent to an activating group) is 1. The van der Waals surface area contributed by atoms with Crippen molar-refractivity contribution in [1.29, 1.82) is 0 Å². The van der Waals surface area contributed by atoms with Gasteiger partial charge < -0.3 is 18.9 Å². The van der Waals surface area contributed by atoms with Crippen LogP contribution in [0.1, 0.15) is 32.3 Å². The van der Waals surface area contributed by atoms with Gasteiger partial charge in [-0.25, -0.2) is 0 Å². The van der Waals surface area contributed by atoms with Crippen molar-refractivity contribution in [1.82, 2.24) is 10.1 Å². The lowest BCUT2D eigenvalue weighted by molar-refractivity contribution is 0.0984. The summed E-state index contributed by atoms with van der Waals surface area (Å²) in [5.74, 6) is 3.78. The monoisotopic (exact) mass is 501 g/mol. The molecule has 184 valence electrons. The van der Waals surface area contributed by atoms with Gasteiger partial charge in [0.1, 0.15) is 34.5 Å². The highest BCUT2D eigenvalue weighted by atomic mass is 32.1. The Morgan fingerprint density at radius 3 is 2.58 bits per heavy atom. The van der Waals surface area contributed by atoms with Gasteiger partial charge in [0.2, 0.25) is 0 Å². The largest absolute Gasteiger partial charge is 0.497 e. The van der Waals surface area contributed by atoms with E-state index in [1.807, 2.05) is 74.6 Å². The van der Waals surface area contributed by atoms with Crippen molar-refractivity contribution < 1.29 is 18.8 Å². The average Bonchev–Trinajstić information content (AvgIpc) is 3.64. The van der Waals surface area contributed by atoms with Crippen LogP contribution in [0.5, 0.6) is 17.2 Å². The number of aryl methyl sites for hydroxylation is 2. The number of benzene rings is 2. The number of Topliss-reactive ketones (excluding diaryl/α,β-unsaturated/α-hetero) is 1. The first kappa shape index (κ1) is 23.8. The molecule has 36 heavy (non-hydrogen) atoms. The normalized spacial score (nSPS) is 13.1. The Bertz CT molecular complexity index is 1400. The third-order valence-electron chi connectivity index (χ3n) is 6.03. The molecule has 2 aromatic carbocycles. The molecule has 0 aliphatic carbocycles. The minimum absolute atomic E-state index is 0.111. The Morgan fingerprint density at radius 2 is 1.89 bits per heavy atom. The Balaban J connectivity index is 1.40. The van der Waals surface area contributed by atoms with Crippen molar-refractivity contribution in [3.05, 3.63) is 81.7 Å². The molecular weight excluding hydrogens is 474 g/mol. The van der Waals surface area contributed by atoms with Crippen molar-refractivity contribution in [3.63, 3.8) is 0 Å². The van der Waals surface area contributed by atoms with Gasteiger partial charge in [0.15, 0.2) is 5.78 Å². The van der Waals surface area contributed by atoms with E-state index in [1.54, 1.807) is 7.11 Å². The van der Waals surface area contributed by atoms with Gasteiger partial charge in [-0.2, -0.15) is 0 Å². The van der Waals surface area contributed by atoms with E-state index in [2.05, 4.69) is 15.0 Å². The number of methoxy groups -OCH3 is 1. The number of thiophene rings is 1.